The Morgan fingerprint density at radius 1 is 0.867 bits per heavy atom. The van der Waals surface area contributed by atoms with Crippen molar-refractivity contribution >= 4 is 0 Å². The summed E-state index contributed by atoms with van der Waals surface area (Å²) < 4.78 is 33.1. The molecule has 0 bridgehead atoms. The van der Waals surface area contributed by atoms with Gasteiger partial charge >= 0.3 is 0 Å². The number of ether oxygens (including phenoxy) is 6. The van der Waals surface area contributed by atoms with Crippen LogP contribution < -0.4 is 0 Å². The van der Waals surface area contributed by atoms with Gasteiger partial charge in [-0.2, -0.15) is 0 Å². The molecule has 0 aliphatic carbocycles. The van der Waals surface area contributed by atoms with Crippen molar-refractivity contribution < 1.29 is 54.0 Å². The zero-order valence-corrected chi connectivity index (χ0v) is 18.8. The minimum atomic E-state index is -2.12. The molecule has 178 valence electrons. The fourth-order valence-electron chi connectivity index (χ4n) is 4.37. The zero-order chi connectivity index (χ0) is 23.3. The third-order valence-electron chi connectivity index (χ3n) is 7.27. The molecule has 11 heteroatoms. The van der Waals surface area contributed by atoms with E-state index in [0.717, 1.165) is 0 Å². The Morgan fingerprint density at radius 2 is 1.40 bits per heavy atom. The van der Waals surface area contributed by atoms with E-state index in [1.807, 2.05) is 0 Å². The summed E-state index contributed by atoms with van der Waals surface area (Å²) in [4.78, 5) is 0. The van der Waals surface area contributed by atoms with E-state index >= 15 is 0 Å². The van der Waals surface area contributed by atoms with Crippen LogP contribution in [0.1, 0.15) is 34.6 Å². The molecule has 2 fully saturated rings. The summed E-state index contributed by atoms with van der Waals surface area (Å²) in [7, 11) is 3.94. The Labute approximate surface area is 176 Å². The van der Waals surface area contributed by atoms with Crippen molar-refractivity contribution in [1.29, 1.82) is 0 Å². The smallest absolute Gasteiger partial charge is 0.197 e. The van der Waals surface area contributed by atoms with E-state index in [2.05, 4.69) is 0 Å². The molecule has 0 aromatic rings. The van der Waals surface area contributed by atoms with E-state index in [-0.39, 0.29) is 0 Å². The maximum Gasteiger partial charge on any atom is 0.197 e. The van der Waals surface area contributed by atoms with E-state index in [4.69, 9.17) is 28.4 Å². The molecule has 0 spiro atoms. The zero-order valence-electron chi connectivity index (χ0n) is 18.8. The highest BCUT2D eigenvalue weighted by atomic mass is 16.8. The van der Waals surface area contributed by atoms with Gasteiger partial charge in [-0.15, -0.1) is 0 Å². The Kier molecular flexibility index (Phi) is 7.02. The third kappa shape index (κ3) is 3.32. The number of hydrogen-bond acceptors (Lipinski definition) is 11. The molecule has 2 aliphatic heterocycles. The molecular weight excluding hydrogens is 404 g/mol. The summed E-state index contributed by atoms with van der Waals surface area (Å²) in [5.74, 6) is -1.72. The standard InChI is InChI=1S/C19H36O11/c1-15(9-20)18(4,16(2,23)17(3,24)19(5,27-8)30-15)29-14-10(21)11(25-6)12(26-7)13(22)28-14/h10-14,20-24H,9H2,1-8H3/t10-,11+,12+,13+,14+,15-,16+,17-,18-,19-/m1/s1. The second-order valence-electron chi connectivity index (χ2n) is 8.72. The van der Waals surface area contributed by atoms with Crippen LogP contribution in [0.25, 0.3) is 0 Å². The van der Waals surface area contributed by atoms with E-state index in [9.17, 15) is 25.5 Å². The fourth-order valence-corrected chi connectivity index (χ4v) is 4.37. The monoisotopic (exact) mass is 440 g/mol. The molecule has 30 heavy (non-hydrogen) atoms. The van der Waals surface area contributed by atoms with Gasteiger partial charge in [0.15, 0.2) is 18.4 Å². The van der Waals surface area contributed by atoms with Crippen LogP contribution in [-0.2, 0) is 28.4 Å². The molecule has 2 rings (SSSR count). The molecule has 2 aliphatic rings. The summed E-state index contributed by atoms with van der Waals surface area (Å²) in [5, 5.41) is 54.0. The van der Waals surface area contributed by atoms with Crippen LogP contribution in [0.15, 0.2) is 0 Å². The van der Waals surface area contributed by atoms with Gasteiger partial charge in [0, 0.05) is 21.3 Å². The predicted octanol–water partition coefficient (Wildman–Crippen LogP) is -1.53. The van der Waals surface area contributed by atoms with Crippen molar-refractivity contribution in [2.75, 3.05) is 27.9 Å². The van der Waals surface area contributed by atoms with Gasteiger partial charge in [0.1, 0.15) is 40.7 Å². The van der Waals surface area contributed by atoms with Crippen LogP contribution in [-0.4, -0.2) is 113 Å². The minimum absolute atomic E-state index is 0.644. The molecule has 2 heterocycles. The van der Waals surface area contributed by atoms with Crippen LogP contribution in [0.5, 0.6) is 0 Å². The lowest BCUT2D eigenvalue weighted by Crippen LogP contribution is -2.86. The Hall–Kier alpha value is -0.440. The van der Waals surface area contributed by atoms with Crippen LogP contribution >= 0.6 is 0 Å². The van der Waals surface area contributed by atoms with E-state index in [1.54, 1.807) is 0 Å². The number of aliphatic hydroxyl groups is 5. The first kappa shape index (κ1) is 25.8. The van der Waals surface area contributed by atoms with Gasteiger partial charge < -0.3 is 54.0 Å². The quantitative estimate of drug-likeness (QED) is 0.327. The van der Waals surface area contributed by atoms with Gasteiger partial charge in [0.2, 0.25) is 0 Å². The van der Waals surface area contributed by atoms with Crippen LogP contribution in [0.3, 0.4) is 0 Å². The molecule has 11 nitrogen and oxygen atoms in total. The number of methoxy groups -OCH3 is 3. The molecule has 5 N–H and O–H groups in total. The summed E-state index contributed by atoms with van der Waals surface area (Å²) in [6, 6.07) is 0. The van der Waals surface area contributed by atoms with E-state index in [1.165, 1.54) is 55.9 Å². The summed E-state index contributed by atoms with van der Waals surface area (Å²) in [6.45, 7) is 6.26. The van der Waals surface area contributed by atoms with Gasteiger partial charge in [0.05, 0.1) is 6.61 Å². The van der Waals surface area contributed by atoms with Crippen molar-refractivity contribution in [3.8, 4) is 0 Å². The highest BCUT2D eigenvalue weighted by molar-refractivity contribution is 5.22. The van der Waals surface area contributed by atoms with Crippen molar-refractivity contribution in [1.82, 2.24) is 0 Å². The molecule has 2 saturated heterocycles. The largest absolute Gasteiger partial charge is 0.393 e. The van der Waals surface area contributed by atoms with Gasteiger partial charge in [-0.1, -0.05) is 0 Å². The third-order valence-corrected chi connectivity index (χ3v) is 7.27. The Bertz CT molecular complexity index is 613. The van der Waals surface area contributed by atoms with Gasteiger partial charge in [-0.25, -0.2) is 0 Å². The molecular formula is C19H36O11. The fraction of sp³-hybridized carbons (Fsp3) is 1.00. The van der Waals surface area contributed by atoms with Crippen LogP contribution in [0.2, 0.25) is 0 Å². The predicted molar refractivity (Wildman–Crippen MR) is 101 cm³/mol. The lowest BCUT2D eigenvalue weighted by molar-refractivity contribution is -0.479. The lowest BCUT2D eigenvalue weighted by atomic mass is 9.61. The normalized spacial score (nSPS) is 54.9. The summed E-state index contributed by atoms with van der Waals surface area (Å²) in [6.07, 6.45) is -6.50. The molecule has 10 atom stereocenters. The van der Waals surface area contributed by atoms with E-state index < -0.39 is 65.7 Å². The molecule has 0 aromatic carbocycles. The average molecular weight is 440 g/mol. The number of rotatable bonds is 6. The maximum absolute atomic E-state index is 11.6. The molecule has 0 amide bonds. The minimum Gasteiger partial charge on any atom is -0.393 e. The Balaban J connectivity index is 2.52. The van der Waals surface area contributed by atoms with Crippen molar-refractivity contribution in [2.45, 2.75) is 93.7 Å². The van der Waals surface area contributed by atoms with Crippen LogP contribution in [0, 0.1) is 0 Å². The highest BCUT2D eigenvalue weighted by Gasteiger charge is 2.76. The number of hydrogen-bond donors (Lipinski definition) is 5. The molecule has 0 unspecified atom stereocenters. The lowest BCUT2D eigenvalue weighted by Gasteiger charge is -2.66. The van der Waals surface area contributed by atoms with Crippen LogP contribution in [0.4, 0.5) is 0 Å². The maximum atomic E-state index is 11.6. The Morgan fingerprint density at radius 3 is 1.83 bits per heavy atom. The van der Waals surface area contributed by atoms with Gasteiger partial charge in [0.25, 0.3) is 0 Å². The molecule has 0 aromatic heterocycles. The SMILES string of the molecule is CO[C@H]1[C@@H](O)[C@H](O[C@@]2(C)[C@@](C)(O)[C@@](C)(O)[C@](C)(OC)O[C@]2(C)CO)O[C@H](O)[C@H]1OC. The first-order valence-electron chi connectivity index (χ1n) is 9.69. The summed E-state index contributed by atoms with van der Waals surface area (Å²) in [5.41, 5.74) is -7.68. The van der Waals surface area contributed by atoms with Crippen molar-refractivity contribution in [3.63, 3.8) is 0 Å². The van der Waals surface area contributed by atoms with E-state index in [0.29, 0.717) is 0 Å². The highest BCUT2D eigenvalue weighted by Crippen LogP contribution is 2.55. The first-order chi connectivity index (χ1) is 13.6. The molecule has 0 saturated carbocycles. The van der Waals surface area contributed by atoms with Gasteiger partial charge in [-0.3, -0.25) is 0 Å². The first-order valence-corrected chi connectivity index (χ1v) is 9.69. The number of aliphatic hydroxyl groups excluding tert-OH is 3. The van der Waals surface area contributed by atoms with Gasteiger partial charge in [-0.05, 0) is 34.6 Å². The van der Waals surface area contributed by atoms with Crippen molar-refractivity contribution in [2.24, 2.45) is 0 Å². The summed E-state index contributed by atoms with van der Waals surface area (Å²) >= 11 is 0. The second kappa shape index (κ2) is 8.16. The topological polar surface area (TPSA) is 157 Å². The van der Waals surface area contributed by atoms with Crippen molar-refractivity contribution in [3.05, 3.63) is 0 Å². The second-order valence-corrected chi connectivity index (χ2v) is 8.72. The molecule has 0 radical (unpaired) electrons. The average Bonchev–Trinajstić information content (AvgIpc) is 2.68.